The summed E-state index contributed by atoms with van der Waals surface area (Å²) in [5.41, 5.74) is 0.896. The normalized spacial score (nSPS) is 22.7. The molecule has 11 heteroatoms. The molecule has 1 saturated heterocycles. The molecular weight excluding hydrogens is 447 g/mol. The SMILES string of the molecule is CC1Cc2n[nH]c(C(=O)N3CC(F)(F)CC34CC4)c2CN1C(=O)Nc1ccc(F)c(Cl)c1. The Balaban J connectivity index is 1.37. The maximum atomic E-state index is 14.0. The van der Waals surface area contributed by atoms with Crippen LogP contribution in [-0.2, 0) is 13.0 Å². The molecule has 2 aromatic rings. The lowest BCUT2D eigenvalue weighted by molar-refractivity contribution is 0.0116. The van der Waals surface area contributed by atoms with Crippen molar-refractivity contribution in [1.29, 1.82) is 0 Å². The van der Waals surface area contributed by atoms with Crippen LogP contribution in [0, 0.1) is 5.82 Å². The summed E-state index contributed by atoms with van der Waals surface area (Å²) < 4.78 is 41.5. The van der Waals surface area contributed by atoms with Gasteiger partial charge in [0, 0.05) is 35.7 Å². The quantitative estimate of drug-likeness (QED) is 0.694. The molecule has 32 heavy (non-hydrogen) atoms. The van der Waals surface area contributed by atoms with Crippen LogP contribution < -0.4 is 5.32 Å². The summed E-state index contributed by atoms with van der Waals surface area (Å²) in [6.45, 7) is 1.33. The lowest BCUT2D eigenvalue weighted by Gasteiger charge is -2.33. The number of aromatic amines is 1. The van der Waals surface area contributed by atoms with Gasteiger partial charge in [-0.1, -0.05) is 11.6 Å². The molecule has 2 N–H and O–H groups in total. The van der Waals surface area contributed by atoms with Crippen LogP contribution in [0.15, 0.2) is 18.2 Å². The van der Waals surface area contributed by atoms with E-state index in [0.29, 0.717) is 36.2 Å². The number of carbonyl (C=O) groups is 2. The molecule has 2 aliphatic heterocycles. The number of H-pyrrole nitrogens is 1. The molecule has 7 nitrogen and oxygen atoms in total. The number of nitrogens with zero attached hydrogens (tertiary/aromatic N) is 3. The lowest BCUT2D eigenvalue weighted by atomic mass is 9.99. The van der Waals surface area contributed by atoms with Crippen LogP contribution in [0.4, 0.5) is 23.7 Å². The van der Waals surface area contributed by atoms with E-state index < -0.39 is 35.8 Å². The van der Waals surface area contributed by atoms with E-state index >= 15 is 0 Å². The summed E-state index contributed by atoms with van der Waals surface area (Å²) >= 11 is 5.78. The number of hydrogen-bond donors (Lipinski definition) is 2. The van der Waals surface area contributed by atoms with Gasteiger partial charge in [-0.15, -0.1) is 0 Å². The first-order valence-corrected chi connectivity index (χ1v) is 10.7. The van der Waals surface area contributed by atoms with Crippen LogP contribution in [-0.4, -0.2) is 56.0 Å². The molecule has 1 aliphatic carbocycles. The van der Waals surface area contributed by atoms with E-state index in [2.05, 4.69) is 15.5 Å². The molecule has 1 saturated carbocycles. The van der Waals surface area contributed by atoms with Gasteiger partial charge in [0.05, 0.1) is 23.8 Å². The fourth-order valence-corrected chi connectivity index (χ4v) is 4.90. The van der Waals surface area contributed by atoms with E-state index in [4.69, 9.17) is 11.6 Å². The minimum Gasteiger partial charge on any atom is -0.325 e. The number of likely N-dealkylation sites (tertiary alicyclic amines) is 1. The minimum atomic E-state index is -2.90. The number of urea groups is 1. The molecule has 1 unspecified atom stereocenters. The smallest absolute Gasteiger partial charge is 0.322 e. The predicted molar refractivity (Wildman–Crippen MR) is 110 cm³/mol. The van der Waals surface area contributed by atoms with Gasteiger partial charge in [0.1, 0.15) is 11.5 Å². The van der Waals surface area contributed by atoms with Crippen LogP contribution in [0.5, 0.6) is 0 Å². The summed E-state index contributed by atoms with van der Waals surface area (Å²) in [6, 6.07) is 3.19. The molecule has 3 heterocycles. The molecule has 1 atom stereocenters. The molecule has 5 rings (SSSR count). The third kappa shape index (κ3) is 3.50. The number of anilines is 1. The van der Waals surface area contributed by atoms with Gasteiger partial charge in [0.15, 0.2) is 0 Å². The second kappa shape index (κ2) is 7.13. The Morgan fingerprint density at radius 2 is 2.06 bits per heavy atom. The van der Waals surface area contributed by atoms with Gasteiger partial charge in [-0.05, 0) is 38.0 Å². The zero-order valence-corrected chi connectivity index (χ0v) is 18.0. The Morgan fingerprint density at radius 3 is 2.75 bits per heavy atom. The van der Waals surface area contributed by atoms with Crippen molar-refractivity contribution in [2.45, 2.75) is 56.7 Å². The first-order chi connectivity index (χ1) is 15.1. The molecule has 1 aromatic carbocycles. The van der Waals surface area contributed by atoms with Crippen molar-refractivity contribution >= 4 is 29.2 Å². The third-order valence-corrected chi connectivity index (χ3v) is 6.86. The maximum Gasteiger partial charge on any atom is 0.322 e. The van der Waals surface area contributed by atoms with Gasteiger partial charge in [0.2, 0.25) is 0 Å². The highest BCUT2D eigenvalue weighted by Gasteiger charge is 2.63. The average molecular weight is 468 g/mol. The lowest BCUT2D eigenvalue weighted by Crippen LogP contribution is -2.45. The second-order valence-corrected chi connectivity index (χ2v) is 9.32. The monoisotopic (exact) mass is 467 g/mol. The molecule has 170 valence electrons. The zero-order chi connectivity index (χ0) is 22.8. The van der Waals surface area contributed by atoms with Gasteiger partial charge in [-0.2, -0.15) is 5.10 Å². The average Bonchev–Trinajstić information content (AvgIpc) is 3.27. The Labute approximate surface area is 186 Å². The van der Waals surface area contributed by atoms with Gasteiger partial charge < -0.3 is 15.1 Å². The highest BCUT2D eigenvalue weighted by Crippen LogP contribution is 2.54. The maximum absolute atomic E-state index is 14.0. The van der Waals surface area contributed by atoms with Gasteiger partial charge in [0.25, 0.3) is 11.8 Å². The zero-order valence-electron chi connectivity index (χ0n) is 17.2. The van der Waals surface area contributed by atoms with Crippen LogP contribution in [0.2, 0.25) is 5.02 Å². The molecule has 0 bridgehead atoms. The highest BCUT2D eigenvalue weighted by molar-refractivity contribution is 6.31. The number of amides is 3. The largest absolute Gasteiger partial charge is 0.325 e. The van der Waals surface area contributed by atoms with Crippen LogP contribution in [0.3, 0.4) is 0 Å². The number of fused-ring (bicyclic) bond motifs is 1. The molecule has 0 radical (unpaired) electrons. The van der Waals surface area contributed by atoms with Crippen molar-refractivity contribution in [1.82, 2.24) is 20.0 Å². The van der Waals surface area contributed by atoms with Crippen molar-refractivity contribution in [2.24, 2.45) is 0 Å². The number of rotatable bonds is 2. The van der Waals surface area contributed by atoms with E-state index in [1.165, 1.54) is 21.9 Å². The molecular formula is C21H21ClF3N5O2. The topological polar surface area (TPSA) is 81.3 Å². The molecule has 1 spiro atoms. The summed E-state index contributed by atoms with van der Waals surface area (Å²) in [5, 5.41) is 9.52. The van der Waals surface area contributed by atoms with Gasteiger partial charge in [-0.25, -0.2) is 18.0 Å². The van der Waals surface area contributed by atoms with Crippen molar-refractivity contribution in [3.05, 3.63) is 46.0 Å². The Hall–Kier alpha value is -2.75. The Morgan fingerprint density at radius 1 is 1.31 bits per heavy atom. The number of aromatic nitrogens is 2. The van der Waals surface area contributed by atoms with E-state index in [9.17, 15) is 22.8 Å². The van der Waals surface area contributed by atoms with E-state index in [1.54, 1.807) is 0 Å². The minimum absolute atomic E-state index is 0.0894. The second-order valence-electron chi connectivity index (χ2n) is 8.91. The number of alkyl halides is 2. The Kier molecular flexibility index (Phi) is 4.70. The first-order valence-electron chi connectivity index (χ1n) is 10.4. The van der Waals surface area contributed by atoms with Crippen molar-refractivity contribution in [3.63, 3.8) is 0 Å². The van der Waals surface area contributed by atoms with Gasteiger partial charge in [-0.3, -0.25) is 9.89 Å². The fraction of sp³-hybridized carbons (Fsp3) is 0.476. The highest BCUT2D eigenvalue weighted by atomic mass is 35.5. The Bertz CT molecular complexity index is 1120. The number of hydrogen-bond acceptors (Lipinski definition) is 3. The van der Waals surface area contributed by atoms with Crippen molar-refractivity contribution in [3.8, 4) is 0 Å². The molecule has 3 amide bonds. The number of carbonyl (C=O) groups excluding carboxylic acids is 2. The first kappa shape index (κ1) is 21.1. The third-order valence-electron chi connectivity index (χ3n) is 6.57. The van der Waals surface area contributed by atoms with E-state index in [-0.39, 0.29) is 29.7 Å². The van der Waals surface area contributed by atoms with Gasteiger partial charge >= 0.3 is 6.03 Å². The summed E-state index contributed by atoms with van der Waals surface area (Å²) in [6.07, 6.45) is 1.22. The molecule has 1 aromatic heterocycles. The summed E-state index contributed by atoms with van der Waals surface area (Å²) in [4.78, 5) is 28.9. The number of halogens is 4. The summed E-state index contributed by atoms with van der Waals surface area (Å²) in [5.74, 6) is -4.00. The van der Waals surface area contributed by atoms with Crippen molar-refractivity contribution in [2.75, 3.05) is 11.9 Å². The van der Waals surface area contributed by atoms with Crippen LogP contribution in [0.25, 0.3) is 0 Å². The van der Waals surface area contributed by atoms with E-state index in [0.717, 1.165) is 6.07 Å². The predicted octanol–water partition coefficient (Wildman–Crippen LogP) is 4.19. The summed E-state index contributed by atoms with van der Waals surface area (Å²) in [7, 11) is 0. The number of nitrogens with one attached hydrogen (secondary N) is 2. The van der Waals surface area contributed by atoms with E-state index in [1.807, 2.05) is 6.92 Å². The fourth-order valence-electron chi connectivity index (χ4n) is 4.72. The van der Waals surface area contributed by atoms with Crippen molar-refractivity contribution < 1.29 is 22.8 Å². The molecule has 3 aliphatic rings. The van der Waals surface area contributed by atoms with Crippen LogP contribution >= 0.6 is 11.6 Å². The van der Waals surface area contributed by atoms with Crippen LogP contribution in [0.1, 0.15) is 47.9 Å². The molecule has 2 fully saturated rings. The standard InChI is InChI=1S/C21H21ClF3N5O2/c1-11-6-16-13(8-29(11)19(32)26-12-2-3-15(23)14(22)7-12)17(28-27-16)18(31)30-10-21(24,25)9-20(30)4-5-20/h2-3,7,11H,4-6,8-10H2,1H3,(H,26,32)(H,27,28). The number of benzene rings is 1.